The molecule has 0 atom stereocenters. The van der Waals surface area contributed by atoms with Crippen molar-refractivity contribution in [2.45, 2.75) is 0 Å². The molecule has 5 nitrogen and oxygen atoms in total. The normalized spacial score (nSPS) is 10.5. The lowest BCUT2D eigenvalue weighted by Gasteiger charge is -2.07. The molecule has 0 aromatic heterocycles. The van der Waals surface area contributed by atoms with Gasteiger partial charge in [-0.05, 0) is 30.3 Å². The van der Waals surface area contributed by atoms with Crippen LogP contribution < -0.4 is 10.1 Å². The van der Waals surface area contributed by atoms with E-state index < -0.39 is 24.3 Å². The number of ether oxygens (including phenoxy) is 2. The molecule has 2 aromatic carbocycles. The van der Waals surface area contributed by atoms with Crippen molar-refractivity contribution in [3.05, 3.63) is 64.9 Å². The van der Waals surface area contributed by atoms with Crippen molar-refractivity contribution in [1.82, 2.24) is 0 Å². The predicted molar refractivity (Wildman–Crippen MR) is 93.0 cm³/mol. The van der Waals surface area contributed by atoms with Gasteiger partial charge in [0, 0.05) is 16.7 Å². The van der Waals surface area contributed by atoms with E-state index >= 15 is 0 Å². The van der Waals surface area contributed by atoms with Gasteiger partial charge in [-0.3, -0.25) is 4.79 Å². The van der Waals surface area contributed by atoms with Crippen LogP contribution in [0.25, 0.3) is 6.08 Å². The summed E-state index contributed by atoms with van der Waals surface area (Å²) in [5.41, 5.74) is 0.602. The van der Waals surface area contributed by atoms with Crippen LogP contribution in [-0.4, -0.2) is 25.6 Å². The lowest BCUT2D eigenvalue weighted by molar-refractivity contribution is -0.142. The number of amides is 1. The number of benzene rings is 2. The number of carbonyl (C=O) groups excluding carboxylic acids is 2. The van der Waals surface area contributed by atoms with Crippen LogP contribution in [0.5, 0.6) is 5.75 Å². The first-order chi connectivity index (χ1) is 12.0. The number of hydrogen-bond donors (Lipinski definition) is 1. The number of rotatable bonds is 6. The van der Waals surface area contributed by atoms with Gasteiger partial charge in [-0.1, -0.05) is 29.8 Å². The average Bonchev–Trinajstić information content (AvgIpc) is 2.61. The summed E-state index contributed by atoms with van der Waals surface area (Å²) >= 11 is 5.73. The zero-order chi connectivity index (χ0) is 18.2. The lowest BCUT2D eigenvalue weighted by Crippen LogP contribution is -2.20. The van der Waals surface area contributed by atoms with E-state index in [1.807, 2.05) is 0 Å². The second kappa shape index (κ2) is 8.84. The molecule has 0 unspecified atom stereocenters. The quantitative estimate of drug-likeness (QED) is 0.628. The molecule has 0 fully saturated rings. The Balaban J connectivity index is 1.88. The van der Waals surface area contributed by atoms with Crippen LogP contribution in [0.4, 0.5) is 10.1 Å². The summed E-state index contributed by atoms with van der Waals surface area (Å²) in [7, 11) is 1.52. The van der Waals surface area contributed by atoms with Gasteiger partial charge in [0.25, 0.3) is 5.91 Å². The Morgan fingerprint density at radius 3 is 2.76 bits per heavy atom. The average molecular weight is 364 g/mol. The van der Waals surface area contributed by atoms with Crippen LogP contribution in [0.3, 0.4) is 0 Å². The number of anilines is 1. The van der Waals surface area contributed by atoms with Crippen molar-refractivity contribution in [2.24, 2.45) is 0 Å². The first kappa shape index (κ1) is 18.5. The Morgan fingerprint density at radius 1 is 1.24 bits per heavy atom. The van der Waals surface area contributed by atoms with Gasteiger partial charge in [0.15, 0.2) is 6.61 Å². The Morgan fingerprint density at radius 2 is 2.00 bits per heavy atom. The Bertz CT molecular complexity index is 807. The SMILES string of the molecule is COc1ccccc1/C=C/C(=O)OCC(=O)Nc1cc(Cl)ccc1F. The zero-order valence-electron chi connectivity index (χ0n) is 13.3. The number of para-hydroxylation sites is 1. The van der Waals surface area contributed by atoms with E-state index in [1.165, 1.54) is 31.4 Å². The fourth-order valence-corrected chi connectivity index (χ4v) is 2.10. The van der Waals surface area contributed by atoms with Gasteiger partial charge in [0.05, 0.1) is 12.8 Å². The first-order valence-electron chi connectivity index (χ1n) is 7.22. The zero-order valence-corrected chi connectivity index (χ0v) is 14.0. The number of halogens is 2. The molecule has 25 heavy (non-hydrogen) atoms. The van der Waals surface area contributed by atoms with Gasteiger partial charge in [-0.2, -0.15) is 0 Å². The third-order valence-corrected chi connectivity index (χ3v) is 3.32. The maximum atomic E-state index is 13.5. The van der Waals surface area contributed by atoms with Gasteiger partial charge in [0.2, 0.25) is 0 Å². The summed E-state index contributed by atoms with van der Waals surface area (Å²) in [5.74, 6) is -1.44. The molecule has 1 N–H and O–H groups in total. The molecule has 7 heteroatoms. The van der Waals surface area contributed by atoms with E-state index in [0.717, 1.165) is 6.07 Å². The number of carbonyl (C=O) groups is 2. The molecule has 0 heterocycles. The molecule has 130 valence electrons. The molecule has 0 saturated carbocycles. The highest BCUT2D eigenvalue weighted by Crippen LogP contribution is 2.20. The smallest absolute Gasteiger partial charge is 0.331 e. The first-order valence-corrected chi connectivity index (χ1v) is 7.60. The topological polar surface area (TPSA) is 64.6 Å². The van der Waals surface area contributed by atoms with Crippen molar-refractivity contribution in [1.29, 1.82) is 0 Å². The molecule has 0 spiro atoms. The number of esters is 1. The molecule has 0 aliphatic heterocycles. The summed E-state index contributed by atoms with van der Waals surface area (Å²) in [5, 5.41) is 2.55. The Labute approximate surface area is 149 Å². The Kier molecular flexibility index (Phi) is 6.54. The number of nitrogens with one attached hydrogen (secondary N) is 1. The third-order valence-electron chi connectivity index (χ3n) is 3.09. The summed E-state index contributed by atoms with van der Waals surface area (Å²) in [6.45, 7) is -0.555. The largest absolute Gasteiger partial charge is 0.496 e. The van der Waals surface area contributed by atoms with Gasteiger partial charge >= 0.3 is 5.97 Å². The summed E-state index contributed by atoms with van der Waals surface area (Å²) in [4.78, 5) is 23.4. The predicted octanol–water partition coefficient (Wildman–Crippen LogP) is 3.68. The fraction of sp³-hybridized carbons (Fsp3) is 0.111. The van der Waals surface area contributed by atoms with Crippen LogP contribution in [0, 0.1) is 5.82 Å². The van der Waals surface area contributed by atoms with Crippen molar-refractivity contribution in [3.63, 3.8) is 0 Å². The van der Waals surface area contributed by atoms with Gasteiger partial charge in [-0.25, -0.2) is 9.18 Å². The van der Waals surface area contributed by atoms with Crippen LogP contribution in [0.2, 0.25) is 5.02 Å². The van der Waals surface area contributed by atoms with Crippen molar-refractivity contribution in [2.75, 3.05) is 19.0 Å². The molecule has 0 radical (unpaired) electrons. The minimum absolute atomic E-state index is 0.0851. The second-order valence-corrected chi connectivity index (χ2v) is 5.29. The number of hydrogen-bond acceptors (Lipinski definition) is 4. The highest BCUT2D eigenvalue weighted by Gasteiger charge is 2.09. The standard InChI is InChI=1S/C18H15ClFNO4/c1-24-16-5-3-2-4-12(16)6-9-18(23)25-11-17(22)21-15-10-13(19)7-8-14(15)20/h2-10H,11H2,1H3,(H,21,22)/b9-6+. The van der Waals surface area contributed by atoms with Crippen LogP contribution >= 0.6 is 11.6 Å². The summed E-state index contributed by atoms with van der Waals surface area (Å²) in [6.07, 6.45) is 2.68. The molecular formula is C18H15ClFNO4. The highest BCUT2D eigenvalue weighted by atomic mass is 35.5. The molecule has 0 bridgehead atoms. The van der Waals surface area contributed by atoms with Gasteiger partial charge in [-0.15, -0.1) is 0 Å². The molecule has 0 aliphatic rings. The van der Waals surface area contributed by atoms with Gasteiger partial charge in [0.1, 0.15) is 11.6 Å². The van der Waals surface area contributed by atoms with E-state index in [9.17, 15) is 14.0 Å². The maximum Gasteiger partial charge on any atom is 0.331 e. The molecule has 2 aromatic rings. The van der Waals surface area contributed by atoms with E-state index in [0.29, 0.717) is 11.3 Å². The van der Waals surface area contributed by atoms with Crippen molar-refractivity contribution in [3.8, 4) is 5.75 Å². The molecule has 1 amide bonds. The molecular weight excluding hydrogens is 349 g/mol. The molecule has 0 saturated heterocycles. The second-order valence-electron chi connectivity index (χ2n) is 4.86. The van der Waals surface area contributed by atoms with Crippen molar-refractivity contribution < 1.29 is 23.5 Å². The van der Waals surface area contributed by atoms with E-state index in [2.05, 4.69) is 5.32 Å². The summed E-state index contributed by atoms with van der Waals surface area (Å²) < 4.78 is 23.5. The van der Waals surface area contributed by atoms with Crippen LogP contribution in [0.15, 0.2) is 48.5 Å². The minimum Gasteiger partial charge on any atom is -0.496 e. The maximum absolute atomic E-state index is 13.5. The van der Waals surface area contributed by atoms with Crippen LogP contribution in [-0.2, 0) is 14.3 Å². The van der Waals surface area contributed by atoms with E-state index in [-0.39, 0.29) is 10.7 Å². The lowest BCUT2D eigenvalue weighted by atomic mass is 10.2. The van der Waals surface area contributed by atoms with Crippen LogP contribution in [0.1, 0.15) is 5.56 Å². The fourth-order valence-electron chi connectivity index (χ4n) is 1.93. The monoisotopic (exact) mass is 363 g/mol. The van der Waals surface area contributed by atoms with Crippen molar-refractivity contribution >= 4 is 35.2 Å². The molecule has 0 aliphatic carbocycles. The highest BCUT2D eigenvalue weighted by molar-refractivity contribution is 6.30. The van der Waals surface area contributed by atoms with Gasteiger partial charge < -0.3 is 14.8 Å². The summed E-state index contributed by atoms with van der Waals surface area (Å²) in [6, 6.07) is 10.8. The molecule has 2 rings (SSSR count). The number of methoxy groups -OCH3 is 1. The minimum atomic E-state index is -0.715. The Hall–Kier alpha value is -2.86. The van der Waals surface area contributed by atoms with E-state index in [4.69, 9.17) is 21.1 Å². The van der Waals surface area contributed by atoms with E-state index in [1.54, 1.807) is 24.3 Å². The third kappa shape index (κ3) is 5.61.